The first-order valence-electron chi connectivity index (χ1n) is 5.81. The predicted molar refractivity (Wildman–Crippen MR) is 74.2 cm³/mol. The molecule has 0 aliphatic heterocycles. The molecular weight excluding hydrogens is 256 g/mol. The molecule has 2 rings (SSSR count). The van der Waals surface area contributed by atoms with Crippen molar-refractivity contribution >= 4 is 0 Å². The lowest BCUT2D eigenvalue weighted by Crippen LogP contribution is -1.99. The van der Waals surface area contributed by atoms with Gasteiger partial charge in [0.15, 0.2) is 5.75 Å². The number of pyridine rings is 2. The Kier molecular flexibility index (Phi) is 6.51. The van der Waals surface area contributed by atoms with Gasteiger partial charge in [0.25, 0.3) is 0 Å². The molecule has 0 saturated carbocycles. The van der Waals surface area contributed by atoms with Gasteiger partial charge in [-0.05, 0) is 12.1 Å². The average molecular weight is 272 g/mol. The average Bonchev–Trinajstić information content (AvgIpc) is 2.55. The van der Waals surface area contributed by atoms with E-state index in [2.05, 4.69) is 9.97 Å². The highest BCUT2D eigenvalue weighted by Crippen LogP contribution is 2.14. The van der Waals surface area contributed by atoms with Crippen LogP contribution >= 0.6 is 0 Å². The van der Waals surface area contributed by atoms with Crippen LogP contribution in [0.15, 0.2) is 36.9 Å². The third-order valence-corrected chi connectivity index (χ3v) is 2.43. The Morgan fingerprint density at radius 2 is 1.70 bits per heavy atom. The highest BCUT2D eigenvalue weighted by molar-refractivity contribution is 5.39. The second-order valence-electron chi connectivity index (χ2n) is 3.58. The lowest BCUT2D eigenvalue weighted by atomic mass is 10.2. The van der Waals surface area contributed by atoms with Crippen molar-refractivity contribution in [1.29, 1.82) is 5.26 Å². The monoisotopic (exact) mass is 272 g/mol. The van der Waals surface area contributed by atoms with E-state index in [1.165, 1.54) is 13.3 Å². The lowest BCUT2D eigenvalue weighted by molar-refractivity contribution is 0.408. The van der Waals surface area contributed by atoms with E-state index in [-0.39, 0.29) is 0 Å². The summed E-state index contributed by atoms with van der Waals surface area (Å²) in [6.07, 6.45) is 6.42. The van der Waals surface area contributed by atoms with Gasteiger partial charge in [-0.3, -0.25) is 9.97 Å². The molecule has 2 aromatic heterocycles. The van der Waals surface area contributed by atoms with Gasteiger partial charge in [0, 0.05) is 24.5 Å². The molecule has 0 amide bonds. The van der Waals surface area contributed by atoms with Crippen molar-refractivity contribution in [2.75, 3.05) is 14.2 Å². The van der Waals surface area contributed by atoms with E-state index in [1.54, 1.807) is 31.8 Å². The summed E-state index contributed by atoms with van der Waals surface area (Å²) >= 11 is 0. The minimum atomic E-state index is 0.492. The Morgan fingerprint density at radius 1 is 1.10 bits per heavy atom. The van der Waals surface area contributed by atoms with E-state index >= 15 is 0 Å². The molecule has 0 atom stereocenters. The van der Waals surface area contributed by atoms with Crippen LogP contribution in [0.3, 0.4) is 0 Å². The highest BCUT2D eigenvalue weighted by Gasteiger charge is 1.98. The van der Waals surface area contributed by atoms with Gasteiger partial charge in [0.1, 0.15) is 11.8 Å². The SMILES string of the molecule is COc1cnccc1C#N.COc1cnccc1CN. The first kappa shape index (κ1) is 15.4. The van der Waals surface area contributed by atoms with E-state index in [4.69, 9.17) is 20.5 Å². The number of ether oxygens (including phenoxy) is 2. The summed E-state index contributed by atoms with van der Waals surface area (Å²) in [4.78, 5) is 7.67. The maximum Gasteiger partial charge on any atom is 0.154 e. The second kappa shape index (κ2) is 8.45. The normalized spacial score (nSPS) is 8.90. The van der Waals surface area contributed by atoms with Crippen LogP contribution in [-0.4, -0.2) is 24.2 Å². The number of nitrogens with zero attached hydrogens (tertiary/aromatic N) is 3. The molecule has 20 heavy (non-hydrogen) atoms. The largest absolute Gasteiger partial charge is 0.495 e. The van der Waals surface area contributed by atoms with Gasteiger partial charge in [0.2, 0.25) is 0 Å². The fourth-order valence-electron chi connectivity index (χ4n) is 1.40. The minimum Gasteiger partial charge on any atom is -0.495 e. The number of methoxy groups -OCH3 is 2. The van der Waals surface area contributed by atoms with Crippen molar-refractivity contribution in [2.24, 2.45) is 5.73 Å². The molecule has 104 valence electrons. The number of nitriles is 1. The number of aromatic nitrogens is 2. The molecule has 0 bridgehead atoms. The molecule has 2 N–H and O–H groups in total. The Morgan fingerprint density at radius 3 is 2.15 bits per heavy atom. The predicted octanol–water partition coefficient (Wildman–Crippen LogP) is 1.51. The van der Waals surface area contributed by atoms with E-state index < -0.39 is 0 Å². The zero-order valence-corrected chi connectivity index (χ0v) is 11.4. The molecule has 0 radical (unpaired) electrons. The first-order valence-corrected chi connectivity index (χ1v) is 5.81. The van der Waals surface area contributed by atoms with Gasteiger partial charge in [-0.1, -0.05) is 0 Å². The molecule has 2 heterocycles. The van der Waals surface area contributed by atoms with Crippen LogP contribution in [0.2, 0.25) is 0 Å². The fraction of sp³-hybridized carbons (Fsp3) is 0.214. The van der Waals surface area contributed by atoms with E-state index in [1.807, 2.05) is 12.1 Å². The van der Waals surface area contributed by atoms with Crippen molar-refractivity contribution in [3.05, 3.63) is 48.0 Å². The van der Waals surface area contributed by atoms with E-state index in [0.717, 1.165) is 11.3 Å². The maximum atomic E-state index is 8.49. The molecule has 0 aliphatic rings. The molecule has 0 aliphatic carbocycles. The van der Waals surface area contributed by atoms with Gasteiger partial charge < -0.3 is 15.2 Å². The fourth-order valence-corrected chi connectivity index (χ4v) is 1.40. The van der Waals surface area contributed by atoms with Crippen LogP contribution in [0.25, 0.3) is 0 Å². The highest BCUT2D eigenvalue weighted by atomic mass is 16.5. The van der Waals surface area contributed by atoms with Crippen molar-refractivity contribution in [1.82, 2.24) is 9.97 Å². The molecule has 0 spiro atoms. The van der Waals surface area contributed by atoms with Crippen LogP contribution < -0.4 is 15.2 Å². The first-order chi connectivity index (χ1) is 9.76. The number of rotatable bonds is 3. The summed E-state index contributed by atoms with van der Waals surface area (Å²) < 4.78 is 9.84. The van der Waals surface area contributed by atoms with Crippen LogP contribution in [0, 0.1) is 11.3 Å². The molecule has 0 saturated heterocycles. The van der Waals surface area contributed by atoms with Crippen LogP contribution in [-0.2, 0) is 6.54 Å². The third kappa shape index (κ3) is 4.23. The molecule has 2 aromatic rings. The van der Waals surface area contributed by atoms with Gasteiger partial charge in [0.05, 0.1) is 32.2 Å². The van der Waals surface area contributed by atoms with Gasteiger partial charge in [-0.2, -0.15) is 5.26 Å². The summed E-state index contributed by atoms with van der Waals surface area (Å²) in [5.41, 5.74) is 6.91. The molecule has 0 aromatic carbocycles. The Balaban J connectivity index is 0.000000200. The van der Waals surface area contributed by atoms with Gasteiger partial charge in [-0.15, -0.1) is 0 Å². The molecule has 0 unspecified atom stereocenters. The smallest absolute Gasteiger partial charge is 0.154 e. The van der Waals surface area contributed by atoms with Crippen molar-refractivity contribution in [3.8, 4) is 17.6 Å². The summed E-state index contributed by atoms with van der Waals surface area (Å²) in [5, 5.41) is 8.49. The van der Waals surface area contributed by atoms with Crippen LogP contribution in [0.1, 0.15) is 11.1 Å². The Hall–Kier alpha value is -2.65. The zero-order valence-electron chi connectivity index (χ0n) is 11.4. The third-order valence-electron chi connectivity index (χ3n) is 2.43. The second-order valence-corrected chi connectivity index (χ2v) is 3.58. The molecule has 6 heteroatoms. The molecular formula is C14H16N4O2. The minimum absolute atomic E-state index is 0.492. The summed E-state index contributed by atoms with van der Waals surface area (Å²) in [7, 11) is 3.12. The quantitative estimate of drug-likeness (QED) is 0.910. The molecule has 0 fully saturated rings. The van der Waals surface area contributed by atoms with Crippen molar-refractivity contribution in [2.45, 2.75) is 6.54 Å². The van der Waals surface area contributed by atoms with Crippen LogP contribution in [0.4, 0.5) is 0 Å². The summed E-state index contributed by atoms with van der Waals surface area (Å²) in [6, 6.07) is 5.44. The standard InChI is InChI=1S/C7H10N2O.C7H6N2O/c2*1-10-7-5-9-3-2-6(7)4-8/h2-3,5H,4,8H2,1H3;2-3,5H,1H3. The lowest BCUT2D eigenvalue weighted by Gasteiger charge is -2.02. The van der Waals surface area contributed by atoms with Crippen LogP contribution in [0.5, 0.6) is 11.5 Å². The van der Waals surface area contributed by atoms with Crippen molar-refractivity contribution in [3.63, 3.8) is 0 Å². The van der Waals surface area contributed by atoms with E-state index in [9.17, 15) is 0 Å². The zero-order chi connectivity index (χ0) is 14.8. The topological polar surface area (TPSA) is 94.0 Å². The van der Waals surface area contributed by atoms with Gasteiger partial charge in [-0.25, -0.2) is 0 Å². The number of hydrogen-bond donors (Lipinski definition) is 1. The Bertz CT molecular complexity index is 558. The summed E-state index contributed by atoms with van der Waals surface area (Å²) in [5.74, 6) is 1.27. The number of nitrogens with two attached hydrogens (primary N) is 1. The number of hydrogen-bond acceptors (Lipinski definition) is 6. The Labute approximate surface area is 117 Å². The van der Waals surface area contributed by atoms with Gasteiger partial charge >= 0.3 is 0 Å². The molecule has 6 nitrogen and oxygen atoms in total. The van der Waals surface area contributed by atoms with Crippen molar-refractivity contribution < 1.29 is 9.47 Å². The summed E-state index contributed by atoms with van der Waals surface area (Å²) in [6.45, 7) is 0.492. The van der Waals surface area contributed by atoms with E-state index in [0.29, 0.717) is 17.9 Å². The maximum absolute atomic E-state index is 8.49.